The Kier molecular flexibility index (Phi) is 9.64. The topological polar surface area (TPSA) is 105 Å². The Morgan fingerprint density at radius 3 is 2.35 bits per heavy atom. The van der Waals surface area contributed by atoms with Gasteiger partial charge in [-0.15, -0.1) is 11.3 Å². The van der Waals surface area contributed by atoms with Crippen molar-refractivity contribution in [2.24, 2.45) is 0 Å². The number of pyridine rings is 1. The van der Waals surface area contributed by atoms with E-state index in [9.17, 15) is 44.3 Å². The second-order valence-electron chi connectivity index (χ2n) is 10.1. The van der Waals surface area contributed by atoms with Gasteiger partial charge in [0.2, 0.25) is 10.0 Å². The molecule has 0 unspecified atom stereocenters. The van der Waals surface area contributed by atoms with Gasteiger partial charge in [0.25, 0.3) is 11.5 Å². The summed E-state index contributed by atoms with van der Waals surface area (Å²) in [5, 5.41) is -0.748. The van der Waals surface area contributed by atoms with Crippen molar-refractivity contribution >= 4 is 27.3 Å². The lowest BCUT2D eigenvalue weighted by atomic mass is 9.99. The van der Waals surface area contributed by atoms with Crippen molar-refractivity contribution in [1.82, 2.24) is 9.71 Å². The predicted octanol–water partition coefficient (Wildman–Crippen LogP) is 7.08. The summed E-state index contributed by atoms with van der Waals surface area (Å²) in [4.78, 5) is 29.8. The zero-order valence-corrected chi connectivity index (χ0v) is 24.5. The molecule has 15 heteroatoms. The van der Waals surface area contributed by atoms with Gasteiger partial charge in [-0.3, -0.25) is 9.59 Å². The van der Waals surface area contributed by atoms with E-state index in [1.807, 2.05) is 11.6 Å². The van der Waals surface area contributed by atoms with Gasteiger partial charge in [-0.05, 0) is 74.9 Å². The molecule has 0 bridgehead atoms. The number of unbranched alkanes of at least 4 members (excludes halogenated alkanes) is 2. The maximum absolute atomic E-state index is 14.2. The smallest absolute Gasteiger partial charge is 0.417 e. The number of hydrogen-bond acceptors (Lipinski definition) is 6. The van der Waals surface area contributed by atoms with E-state index in [-0.39, 0.29) is 42.9 Å². The van der Waals surface area contributed by atoms with Crippen LogP contribution >= 0.6 is 11.3 Å². The number of carbonyl (C=O) groups excluding carboxylic acids is 1. The van der Waals surface area contributed by atoms with E-state index >= 15 is 0 Å². The quantitative estimate of drug-likeness (QED) is 0.161. The second-order valence-corrected chi connectivity index (χ2v) is 13.2. The first-order valence-electron chi connectivity index (χ1n) is 13.4. The Morgan fingerprint density at radius 2 is 1.74 bits per heavy atom. The number of amides is 1. The first-order chi connectivity index (χ1) is 20.1. The number of ether oxygens (including phenoxy) is 1. The number of sulfonamides is 1. The Morgan fingerprint density at radius 1 is 1.02 bits per heavy atom. The van der Waals surface area contributed by atoms with E-state index in [1.54, 1.807) is 12.1 Å². The molecule has 4 rings (SSSR count). The van der Waals surface area contributed by atoms with E-state index < -0.39 is 62.2 Å². The van der Waals surface area contributed by atoms with Gasteiger partial charge in [-0.1, -0.05) is 6.92 Å². The number of halogens is 6. The molecule has 2 heterocycles. The summed E-state index contributed by atoms with van der Waals surface area (Å²) in [5.74, 6) is -1.35. The zero-order chi connectivity index (χ0) is 31.6. The highest BCUT2D eigenvalue weighted by molar-refractivity contribution is 7.91. The number of aryl methyl sites for hydroxylation is 1. The lowest BCUT2D eigenvalue weighted by Crippen LogP contribution is -2.37. The van der Waals surface area contributed by atoms with Crippen LogP contribution in [0.4, 0.5) is 26.3 Å². The van der Waals surface area contributed by atoms with E-state index in [4.69, 9.17) is 4.74 Å². The Balaban J connectivity index is 1.68. The Bertz CT molecular complexity index is 1640. The van der Waals surface area contributed by atoms with Gasteiger partial charge in [-0.25, -0.2) is 13.1 Å². The lowest BCUT2D eigenvalue weighted by molar-refractivity contribution is -0.137. The van der Waals surface area contributed by atoms with Gasteiger partial charge in [0.05, 0.1) is 17.4 Å². The van der Waals surface area contributed by atoms with Crippen molar-refractivity contribution in [3.63, 3.8) is 0 Å². The molecule has 43 heavy (non-hydrogen) atoms. The highest BCUT2D eigenvalue weighted by Gasteiger charge is 2.38. The van der Waals surface area contributed by atoms with Crippen LogP contribution < -0.4 is 15.0 Å². The maximum atomic E-state index is 14.2. The standard InChI is InChI=1S/C28H28F6N2O5S2/c1-2-17-7-11-23(42-17)20-15-22(35-25(37)24(20)26(38)36-43(39,40)18-8-9-18)19-10-6-16(14-21(19)28(32,33)34)41-13-5-3-4-12-27(29,30)31/h6-7,10-11,14-15,18H,2-5,8-9,12-13H2,1H3,(H,35,37)(H,36,38). The summed E-state index contributed by atoms with van der Waals surface area (Å²) in [6.45, 7) is 1.78. The van der Waals surface area contributed by atoms with Gasteiger partial charge in [0, 0.05) is 33.0 Å². The number of thiophene rings is 1. The van der Waals surface area contributed by atoms with Gasteiger partial charge in [0.1, 0.15) is 11.3 Å². The highest BCUT2D eigenvalue weighted by atomic mass is 32.2. The van der Waals surface area contributed by atoms with Crippen LogP contribution in [-0.4, -0.2) is 37.3 Å². The van der Waals surface area contributed by atoms with Crippen molar-refractivity contribution in [1.29, 1.82) is 0 Å². The monoisotopic (exact) mass is 650 g/mol. The second kappa shape index (κ2) is 12.7. The summed E-state index contributed by atoms with van der Waals surface area (Å²) < 4.78 is 111. The fourth-order valence-corrected chi connectivity index (χ4v) is 6.61. The molecule has 7 nitrogen and oxygen atoms in total. The molecule has 0 spiro atoms. The molecule has 3 aromatic rings. The molecule has 1 saturated carbocycles. The number of carbonyl (C=O) groups is 1. The zero-order valence-electron chi connectivity index (χ0n) is 22.8. The van der Waals surface area contributed by atoms with Crippen LogP contribution in [0, 0.1) is 0 Å². The number of nitrogens with one attached hydrogen (secondary N) is 2. The summed E-state index contributed by atoms with van der Waals surface area (Å²) >= 11 is 1.21. The fraction of sp³-hybridized carbons (Fsp3) is 0.429. The number of hydrogen-bond donors (Lipinski definition) is 2. The van der Waals surface area contributed by atoms with E-state index in [2.05, 4.69) is 4.98 Å². The Labute approximate surface area is 247 Å². The van der Waals surface area contributed by atoms with Gasteiger partial charge >= 0.3 is 12.4 Å². The molecule has 1 aliphatic rings. The summed E-state index contributed by atoms with van der Waals surface area (Å²) in [7, 11) is -4.02. The average molecular weight is 651 g/mol. The maximum Gasteiger partial charge on any atom is 0.417 e. The normalized spacial score (nSPS) is 14.1. The van der Waals surface area contributed by atoms with Gasteiger partial charge in [-0.2, -0.15) is 26.3 Å². The van der Waals surface area contributed by atoms with Crippen LogP contribution in [0.15, 0.2) is 41.2 Å². The van der Waals surface area contributed by atoms with Crippen LogP contribution in [0.25, 0.3) is 21.7 Å². The molecular weight excluding hydrogens is 622 g/mol. The van der Waals surface area contributed by atoms with Crippen LogP contribution in [0.1, 0.15) is 66.2 Å². The number of alkyl halides is 6. The van der Waals surface area contributed by atoms with Crippen molar-refractivity contribution < 1.29 is 44.3 Å². The third-order valence-corrected chi connectivity index (χ3v) is 9.78. The molecule has 2 N–H and O–H groups in total. The first-order valence-corrected chi connectivity index (χ1v) is 15.8. The molecule has 1 fully saturated rings. The minimum atomic E-state index is -4.90. The van der Waals surface area contributed by atoms with E-state index in [1.165, 1.54) is 23.5 Å². The summed E-state index contributed by atoms with van der Waals surface area (Å²) in [5.41, 5.74) is -3.49. The molecule has 0 aliphatic heterocycles. The summed E-state index contributed by atoms with van der Waals surface area (Å²) in [6.07, 6.45) is -8.53. The molecule has 1 amide bonds. The van der Waals surface area contributed by atoms with Gasteiger partial charge < -0.3 is 9.72 Å². The van der Waals surface area contributed by atoms with Crippen molar-refractivity contribution in [2.75, 3.05) is 6.61 Å². The summed E-state index contributed by atoms with van der Waals surface area (Å²) in [6, 6.07) is 7.59. The van der Waals surface area contributed by atoms with E-state index in [0.717, 1.165) is 17.0 Å². The molecule has 0 saturated heterocycles. The third-order valence-electron chi connectivity index (χ3n) is 6.69. The van der Waals surface area contributed by atoms with Crippen LogP contribution in [0.3, 0.4) is 0 Å². The van der Waals surface area contributed by atoms with Gasteiger partial charge in [0.15, 0.2) is 0 Å². The van der Waals surface area contributed by atoms with Crippen LogP contribution in [-0.2, 0) is 22.6 Å². The number of benzene rings is 1. The lowest BCUT2D eigenvalue weighted by Gasteiger charge is -2.17. The SMILES string of the molecule is CCc1ccc(-c2cc(-c3ccc(OCCCCCC(F)(F)F)cc3C(F)(F)F)[nH]c(=O)c2C(=O)NS(=O)(=O)C2CC2)s1. The van der Waals surface area contributed by atoms with Crippen LogP contribution in [0.5, 0.6) is 5.75 Å². The molecule has 0 atom stereocenters. The largest absolute Gasteiger partial charge is 0.494 e. The number of H-pyrrole nitrogens is 1. The number of aromatic nitrogens is 1. The minimum Gasteiger partial charge on any atom is -0.494 e. The molecule has 1 aliphatic carbocycles. The highest BCUT2D eigenvalue weighted by Crippen LogP contribution is 2.40. The number of rotatable bonds is 12. The minimum absolute atomic E-state index is 0.0285. The molecule has 0 radical (unpaired) electrons. The predicted molar refractivity (Wildman–Crippen MR) is 150 cm³/mol. The van der Waals surface area contributed by atoms with Crippen molar-refractivity contribution in [2.45, 2.75) is 69.5 Å². The number of aromatic amines is 1. The Hall–Kier alpha value is -3.33. The molecular formula is C28H28F6N2O5S2. The fourth-order valence-electron chi connectivity index (χ4n) is 4.36. The van der Waals surface area contributed by atoms with E-state index in [0.29, 0.717) is 24.1 Å². The third kappa shape index (κ3) is 8.40. The first kappa shape index (κ1) is 32.6. The average Bonchev–Trinajstić information content (AvgIpc) is 3.67. The molecule has 1 aromatic carbocycles. The van der Waals surface area contributed by atoms with Crippen molar-refractivity contribution in [3.05, 3.63) is 62.8 Å². The molecule has 2 aromatic heterocycles. The van der Waals surface area contributed by atoms with Crippen LogP contribution in [0.2, 0.25) is 0 Å². The van der Waals surface area contributed by atoms with Crippen molar-refractivity contribution in [3.8, 4) is 27.4 Å². The molecule has 234 valence electrons.